The zero-order valence-corrected chi connectivity index (χ0v) is 8.47. The van der Waals surface area contributed by atoms with Gasteiger partial charge in [-0.25, -0.2) is 0 Å². The maximum absolute atomic E-state index is 5.46. The van der Waals surface area contributed by atoms with Crippen LogP contribution in [0, 0.1) is 0 Å². The van der Waals surface area contributed by atoms with Crippen LogP contribution in [0.5, 0.6) is 0 Å². The first-order chi connectivity index (χ1) is 4.22. The molecule has 1 nitrogen and oxygen atoms in total. The van der Waals surface area contributed by atoms with Crippen LogP contribution in [-0.2, 0) is 4.43 Å². The van der Waals surface area contributed by atoms with Crippen LogP contribution in [-0.4, -0.2) is 20.5 Å². The molecular formula is C6H16OSSi. The van der Waals surface area contributed by atoms with Crippen molar-refractivity contribution in [1.29, 1.82) is 0 Å². The van der Waals surface area contributed by atoms with E-state index < -0.39 is 9.04 Å². The lowest BCUT2D eigenvalue weighted by molar-refractivity contribution is 0.344. The van der Waals surface area contributed by atoms with Crippen LogP contribution < -0.4 is 0 Å². The summed E-state index contributed by atoms with van der Waals surface area (Å²) in [6.07, 6.45) is 1.14. The third kappa shape index (κ3) is 4.00. The maximum Gasteiger partial charge on any atom is 0.186 e. The summed E-state index contributed by atoms with van der Waals surface area (Å²) in [6, 6.07) is 0. The van der Waals surface area contributed by atoms with E-state index in [0.29, 0.717) is 4.87 Å². The first-order valence-electron chi connectivity index (χ1n) is 3.52. The predicted octanol–water partition coefficient (Wildman–Crippen LogP) is 1.62. The van der Waals surface area contributed by atoms with E-state index in [4.69, 9.17) is 4.43 Å². The zero-order valence-electron chi connectivity index (χ0n) is 6.42. The van der Waals surface area contributed by atoms with Crippen LogP contribution in [0.3, 0.4) is 0 Å². The Morgan fingerprint density at radius 1 is 1.56 bits per heavy atom. The van der Waals surface area contributed by atoms with Crippen molar-refractivity contribution < 1.29 is 4.43 Å². The van der Waals surface area contributed by atoms with Crippen molar-refractivity contribution in [3.05, 3.63) is 0 Å². The van der Waals surface area contributed by atoms with Crippen LogP contribution in [0.1, 0.15) is 20.3 Å². The minimum atomic E-state index is -0.932. The van der Waals surface area contributed by atoms with Gasteiger partial charge in [-0.3, -0.25) is 0 Å². The van der Waals surface area contributed by atoms with Gasteiger partial charge in [0.15, 0.2) is 9.04 Å². The van der Waals surface area contributed by atoms with Gasteiger partial charge in [0.05, 0.1) is 0 Å². The van der Waals surface area contributed by atoms with Crippen LogP contribution >= 0.6 is 12.6 Å². The van der Waals surface area contributed by atoms with Gasteiger partial charge in [0.25, 0.3) is 0 Å². The third-order valence-corrected chi connectivity index (χ3v) is 5.43. The SMILES string of the molecule is CCO[SiH](C)C(S)CC. The topological polar surface area (TPSA) is 9.23 Å². The molecule has 9 heavy (non-hydrogen) atoms. The second kappa shape index (κ2) is 5.32. The van der Waals surface area contributed by atoms with Gasteiger partial charge in [-0.2, -0.15) is 12.6 Å². The molecular weight excluding hydrogens is 148 g/mol. The van der Waals surface area contributed by atoms with E-state index in [1.807, 2.05) is 6.92 Å². The van der Waals surface area contributed by atoms with Gasteiger partial charge in [0.1, 0.15) is 0 Å². The molecule has 0 heterocycles. The Bertz CT molecular complexity index is 70.1. The molecule has 0 amide bonds. The largest absolute Gasteiger partial charge is 0.419 e. The normalized spacial score (nSPS) is 17.3. The summed E-state index contributed by atoms with van der Waals surface area (Å²) in [5.41, 5.74) is 0. The predicted molar refractivity (Wildman–Crippen MR) is 47.7 cm³/mol. The minimum absolute atomic E-state index is 0.532. The second-order valence-electron chi connectivity index (χ2n) is 2.14. The van der Waals surface area contributed by atoms with Gasteiger partial charge in [0.2, 0.25) is 0 Å². The van der Waals surface area contributed by atoms with Gasteiger partial charge >= 0.3 is 0 Å². The van der Waals surface area contributed by atoms with Gasteiger partial charge in [-0.05, 0) is 19.9 Å². The average molecular weight is 164 g/mol. The standard InChI is InChI=1S/C6H16OSSi/c1-4-6(8)9(3)7-5-2/h6,8-9H,4-5H2,1-3H3. The highest BCUT2D eigenvalue weighted by atomic mass is 32.1. The molecule has 2 atom stereocenters. The zero-order chi connectivity index (χ0) is 7.28. The Kier molecular flexibility index (Phi) is 5.63. The number of rotatable bonds is 4. The molecule has 0 rings (SSSR count). The van der Waals surface area contributed by atoms with E-state index >= 15 is 0 Å². The molecule has 0 aliphatic carbocycles. The van der Waals surface area contributed by atoms with Crippen LogP contribution in [0.4, 0.5) is 0 Å². The summed E-state index contributed by atoms with van der Waals surface area (Å²) >= 11 is 4.40. The Morgan fingerprint density at radius 2 is 2.11 bits per heavy atom. The Hall–Kier alpha value is 0.527. The van der Waals surface area contributed by atoms with Gasteiger partial charge in [0, 0.05) is 11.5 Å². The van der Waals surface area contributed by atoms with Crippen molar-refractivity contribution in [1.82, 2.24) is 0 Å². The smallest absolute Gasteiger partial charge is 0.186 e. The summed E-state index contributed by atoms with van der Waals surface area (Å²) < 4.78 is 5.46. The number of hydrogen-bond acceptors (Lipinski definition) is 2. The van der Waals surface area contributed by atoms with Crippen molar-refractivity contribution in [2.24, 2.45) is 0 Å². The number of thiol groups is 1. The molecule has 0 radical (unpaired) electrons. The summed E-state index contributed by atoms with van der Waals surface area (Å²) in [6.45, 7) is 7.24. The Labute approximate surface area is 64.9 Å². The molecule has 0 aromatic rings. The summed E-state index contributed by atoms with van der Waals surface area (Å²) in [5.74, 6) is 0. The van der Waals surface area contributed by atoms with Crippen molar-refractivity contribution in [2.45, 2.75) is 31.7 Å². The molecule has 0 aliphatic heterocycles. The highest BCUT2D eigenvalue weighted by Gasteiger charge is 2.11. The molecule has 0 saturated carbocycles. The maximum atomic E-state index is 5.46. The molecule has 0 fully saturated rings. The highest BCUT2D eigenvalue weighted by molar-refractivity contribution is 7.82. The quantitative estimate of drug-likeness (QED) is 0.491. The fourth-order valence-electron chi connectivity index (χ4n) is 0.706. The van der Waals surface area contributed by atoms with E-state index in [-0.39, 0.29) is 0 Å². The van der Waals surface area contributed by atoms with E-state index in [9.17, 15) is 0 Å². The lowest BCUT2D eigenvalue weighted by Crippen LogP contribution is -2.25. The fraction of sp³-hybridized carbons (Fsp3) is 1.00. The van der Waals surface area contributed by atoms with E-state index in [1.165, 1.54) is 0 Å². The molecule has 2 unspecified atom stereocenters. The average Bonchev–Trinajstić information content (AvgIpc) is 1.87. The Morgan fingerprint density at radius 3 is 2.44 bits per heavy atom. The van der Waals surface area contributed by atoms with Crippen molar-refractivity contribution in [3.8, 4) is 0 Å². The molecule has 0 bridgehead atoms. The van der Waals surface area contributed by atoms with Crippen molar-refractivity contribution >= 4 is 21.7 Å². The van der Waals surface area contributed by atoms with Crippen LogP contribution in [0.25, 0.3) is 0 Å². The lowest BCUT2D eigenvalue weighted by Gasteiger charge is -2.14. The first kappa shape index (κ1) is 9.53. The minimum Gasteiger partial charge on any atom is -0.419 e. The highest BCUT2D eigenvalue weighted by Crippen LogP contribution is 2.05. The fourth-order valence-corrected chi connectivity index (χ4v) is 2.38. The van der Waals surface area contributed by atoms with E-state index in [1.54, 1.807) is 0 Å². The molecule has 0 aliphatic rings. The van der Waals surface area contributed by atoms with E-state index in [2.05, 4.69) is 26.1 Å². The van der Waals surface area contributed by atoms with Gasteiger partial charge in [-0.1, -0.05) is 6.92 Å². The molecule has 0 saturated heterocycles. The molecule has 3 heteroatoms. The van der Waals surface area contributed by atoms with Gasteiger partial charge < -0.3 is 4.43 Å². The first-order valence-corrected chi connectivity index (χ1v) is 6.32. The monoisotopic (exact) mass is 164 g/mol. The summed E-state index contributed by atoms with van der Waals surface area (Å²) in [4.78, 5) is 0.532. The van der Waals surface area contributed by atoms with E-state index in [0.717, 1.165) is 13.0 Å². The molecule has 0 N–H and O–H groups in total. The van der Waals surface area contributed by atoms with Gasteiger partial charge in [-0.15, -0.1) is 0 Å². The number of hydrogen-bond donors (Lipinski definition) is 1. The molecule has 0 aromatic carbocycles. The summed E-state index contributed by atoms with van der Waals surface area (Å²) in [5, 5.41) is 0. The molecule has 56 valence electrons. The summed E-state index contributed by atoms with van der Waals surface area (Å²) in [7, 11) is -0.932. The van der Waals surface area contributed by atoms with Crippen LogP contribution in [0.2, 0.25) is 6.55 Å². The molecule has 0 spiro atoms. The Balaban J connectivity index is 3.32. The third-order valence-electron chi connectivity index (χ3n) is 1.39. The van der Waals surface area contributed by atoms with Crippen molar-refractivity contribution in [2.75, 3.05) is 6.61 Å². The lowest BCUT2D eigenvalue weighted by atomic mass is 10.6. The molecule has 0 aromatic heterocycles. The van der Waals surface area contributed by atoms with Crippen LogP contribution in [0.15, 0.2) is 0 Å². The second-order valence-corrected chi connectivity index (χ2v) is 5.91. The van der Waals surface area contributed by atoms with Crippen molar-refractivity contribution in [3.63, 3.8) is 0 Å².